The molecule has 0 atom stereocenters. The van der Waals surface area contributed by atoms with E-state index >= 15 is 0 Å². The monoisotopic (exact) mass is 271 g/mol. The van der Waals surface area contributed by atoms with Crippen LogP contribution in [0.2, 0.25) is 0 Å². The summed E-state index contributed by atoms with van der Waals surface area (Å²) in [5, 5.41) is 0.989. The quantitative estimate of drug-likeness (QED) is 0.789. The van der Waals surface area contributed by atoms with Gasteiger partial charge in [-0.15, -0.1) is 0 Å². The second kappa shape index (κ2) is 5.12. The van der Waals surface area contributed by atoms with E-state index in [1.165, 1.54) is 7.11 Å². The van der Waals surface area contributed by atoms with Gasteiger partial charge < -0.3 is 4.74 Å². The number of hydrogen-bond acceptors (Lipinski definition) is 3. The van der Waals surface area contributed by atoms with Crippen LogP contribution < -0.4 is 0 Å². The van der Waals surface area contributed by atoms with Crippen LogP contribution in [0.4, 0.5) is 0 Å². The Kier molecular flexibility index (Phi) is 3.30. The number of ether oxygens (including phenoxy) is 1. The molecule has 1 aromatic carbocycles. The van der Waals surface area contributed by atoms with Gasteiger partial charge in [0, 0.05) is 17.5 Å². The molecule has 0 saturated heterocycles. The Labute approximate surface area is 117 Å². The van der Waals surface area contributed by atoms with Crippen LogP contribution >= 0.6 is 0 Å². The zero-order chi connectivity index (χ0) is 14.1. The van der Waals surface area contributed by atoms with Gasteiger partial charge in [0.15, 0.2) is 0 Å². The summed E-state index contributed by atoms with van der Waals surface area (Å²) in [5.41, 5.74) is 2.84. The standard InChI is InChI=1S/C16H17NO3/c1-20-16(19)10-12-11-6-2-3-7-13(11)17-14(12)8-4-5-9-15(17)18/h2-3,6-7H,4-5,8-10H2,1H3. The van der Waals surface area contributed by atoms with E-state index in [1.807, 2.05) is 24.3 Å². The van der Waals surface area contributed by atoms with Crippen molar-refractivity contribution in [3.63, 3.8) is 0 Å². The zero-order valence-corrected chi connectivity index (χ0v) is 11.5. The summed E-state index contributed by atoms with van der Waals surface area (Å²) >= 11 is 0. The molecule has 0 unspecified atom stereocenters. The van der Waals surface area contributed by atoms with Crippen molar-refractivity contribution in [2.75, 3.05) is 7.11 Å². The first-order chi connectivity index (χ1) is 9.72. The molecule has 0 N–H and O–H groups in total. The van der Waals surface area contributed by atoms with Gasteiger partial charge in [-0.3, -0.25) is 14.2 Å². The Morgan fingerprint density at radius 3 is 2.80 bits per heavy atom. The molecule has 0 radical (unpaired) electrons. The van der Waals surface area contributed by atoms with Crippen LogP contribution in [0.5, 0.6) is 0 Å². The SMILES string of the molecule is COC(=O)Cc1c2n(c3ccccc13)C(=O)CCCC2. The fourth-order valence-electron chi connectivity index (χ4n) is 3.00. The molecule has 4 nitrogen and oxygen atoms in total. The molecular weight excluding hydrogens is 254 g/mol. The van der Waals surface area contributed by atoms with Gasteiger partial charge in [0.05, 0.1) is 19.0 Å². The Hall–Kier alpha value is -2.10. The lowest BCUT2D eigenvalue weighted by Gasteiger charge is -2.06. The van der Waals surface area contributed by atoms with Crippen molar-refractivity contribution in [2.24, 2.45) is 0 Å². The third kappa shape index (κ3) is 2.01. The lowest BCUT2D eigenvalue weighted by Crippen LogP contribution is -2.12. The van der Waals surface area contributed by atoms with Gasteiger partial charge in [-0.25, -0.2) is 0 Å². The van der Waals surface area contributed by atoms with Crippen LogP contribution in [0.25, 0.3) is 10.9 Å². The summed E-state index contributed by atoms with van der Waals surface area (Å²) in [7, 11) is 1.39. The number of aromatic nitrogens is 1. The summed E-state index contributed by atoms with van der Waals surface area (Å²) in [6.07, 6.45) is 3.53. The number of fused-ring (bicyclic) bond motifs is 3. The van der Waals surface area contributed by atoms with Gasteiger partial charge in [-0.1, -0.05) is 18.2 Å². The van der Waals surface area contributed by atoms with Gasteiger partial charge in [-0.05, 0) is 30.9 Å². The first-order valence-corrected chi connectivity index (χ1v) is 6.93. The minimum atomic E-state index is -0.263. The van der Waals surface area contributed by atoms with E-state index in [-0.39, 0.29) is 18.3 Å². The van der Waals surface area contributed by atoms with E-state index in [2.05, 4.69) is 0 Å². The molecule has 20 heavy (non-hydrogen) atoms. The largest absolute Gasteiger partial charge is 0.469 e. The first-order valence-electron chi connectivity index (χ1n) is 6.93. The lowest BCUT2D eigenvalue weighted by atomic mass is 10.0. The summed E-state index contributed by atoms with van der Waals surface area (Å²) in [6, 6.07) is 7.79. The van der Waals surface area contributed by atoms with E-state index in [0.29, 0.717) is 6.42 Å². The molecule has 0 bridgehead atoms. The fraction of sp³-hybridized carbons (Fsp3) is 0.375. The Morgan fingerprint density at radius 2 is 2.00 bits per heavy atom. The number of benzene rings is 1. The number of hydrogen-bond donors (Lipinski definition) is 0. The van der Waals surface area contributed by atoms with Crippen LogP contribution in [0, 0.1) is 0 Å². The molecule has 104 valence electrons. The number of para-hydroxylation sites is 1. The number of carbonyl (C=O) groups excluding carboxylic acids is 2. The molecule has 1 aliphatic rings. The van der Waals surface area contributed by atoms with Crippen LogP contribution in [-0.4, -0.2) is 23.6 Å². The minimum Gasteiger partial charge on any atom is -0.469 e. The highest BCUT2D eigenvalue weighted by atomic mass is 16.5. The Bertz CT molecular complexity index is 684. The summed E-state index contributed by atoms with van der Waals surface area (Å²) < 4.78 is 6.59. The highest BCUT2D eigenvalue weighted by Crippen LogP contribution is 2.30. The predicted octanol–water partition coefficient (Wildman–Crippen LogP) is 2.72. The number of rotatable bonds is 2. The van der Waals surface area contributed by atoms with E-state index in [9.17, 15) is 9.59 Å². The molecular formula is C16H17NO3. The molecule has 0 aliphatic carbocycles. The predicted molar refractivity (Wildman–Crippen MR) is 75.8 cm³/mol. The van der Waals surface area contributed by atoms with Crippen LogP contribution in [0.1, 0.15) is 35.3 Å². The van der Waals surface area contributed by atoms with E-state index < -0.39 is 0 Å². The molecule has 0 amide bonds. The molecule has 4 heteroatoms. The van der Waals surface area contributed by atoms with Crippen LogP contribution in [0.3, 0.4) is 0 Å². The first kappa shape index (κ1) is 12.9. The third-order valence-corrected chi connectivity index (χ3v) is 3.94. The van der Waals surface area contributed by atoms with Gasteiger partial charge in [0.2, 0.25) is 5.91 Å². The molecule has 1 aliphatic heterocycles. The van der Waals surface area contributed by atoms with Crippen molar-refractivity contribution in [1.82, 2.24) is 4.57 Å². The Morgan fingerprint density at radius 1 is 1.25 bits per heavy atom. The van der Waals surface area contributed by atoms with Crippen molar-refractivity contribution < 1.29 is 14.3 Å². The summed E-state index contributed by atoms with van der Waals surface area (Å²) in [5.74, 6) is -0.134. The normalized spacial score (nSPS) is 14.9. The molecule has 0 saturated carbocycles. The van der Waals surface area contributed by atoms with Gasteiger partial charge in [0.1, 0.15) is 0 Å². The molecule has 3 rings (SSSR count). The van der Waals surface area contributed by atoms with Crippen molar-refractivity contribution in [3.8, 4) is 0 Å². The average Bonchev–Trinajstić information content (AvgIpc) is 2.63. The van der Waals surface area contributed by atoms with E-state index in [1.54, 1.807) is 4.57 Å². The smallest absolute Gasteiger partial charge is 0.310 e. The number of methoxy groups -OCH3 is 1. The minimum absolute atomic E-state index is 0.129. The molecule has 1 aromatic heterocycles. The van der Waals surface area contributed by atoms with E-state index in [4.69, 9.17) is 4.74 Å². The molecule has 0 spiro atoms. The molecule has 0 fully saturated rings. The maximum absolute atomic E-state index is 12.3. The van der Waals surface area contributed by atoms with Gasteiger partial charge >= 0.3 is 5.97 Å². The van der Waals surface area contributed by atoms with Crippen molar-refractivity contribution in [3.05, 3.63) is 35.5 Å². The lowest BCUT2D eigenvalue weighted by molar-refractivity contribution is -0.139. The van der Waals surface area contributed by atoms with Gasteiger partial charge in [-0.2, -0.15) is 0 Å². The van der Waals surface area contributed by atoms with Gasteiger partial charge in [0.25, 0.3) is 0 Å². The Balaban J connectivity index is 2.24. The second-order valence-electron chi connectivity index (χ2n) is 5.13. The topological polar surface area (TPSA) is 48.3 Å². The molecule has 2 aromatic rings. The van der Waals surface area contributed by atoms with Crippen LogP contribution in [0.15, 0.2) is 24.3 Å². The summed E-state index contributed by atoms with van der Waals surface area (Å²) in [4.78, 5) is 24.0. The maximum atomic E-state index is 12.3. The molecule has 2 heterocycles. The van der Waals surface area contributed by atoms with Crippen molar-refractivity contribution >= 4 is 22.8 Å². The fourth-order valence-corrected chi connectivity index (χ4v) is 3.00. The maximum Gasteiger partial charge on any atom is 0.310 e. The number of carbonyl (C=O) groups is 2. The van der Waals surface area contributed by atoms with Crippen LogP contribution in [-0.2, 0) is 22.4 Å². The second-order valence-corrected chi connectivity index (χ2v) is 5.13. The summed E-state index contributed by atoms with van der Waals surface area (Å²) in [6.45, 7) is 0. The average molecular weight is 271 g/mol. The zero-order valence-electron chi connectivity index (χ0n) is 11.5. The number of nitrogens with zero attached hydrogens (tertiary/aromatic N) is 1. The highest BCUT2D eigenvalue weighted by Gasteiger charge is 2.24. The number of esters is 1. The van der Waals surface area contributed by atoms with E-state index in [0.717, 1.165) is 41.4 Å². The van der Waals surface area contributed by atoms with Crippen molar-refractivity contribution in [2.45, 2.75) is 32.1 Å². The third-order valence-electron chi connectivity index (χ3n) is 3.94. The van der Waals surface area contributed by atoms with Crippen molar-refractivity contribution in [1.29, 1.82) is 0 Å². The highest BCUT2D eigenvalue weighted by molar-refractivity contribution is 5.97.